The molecule has 0 aromatic carbocycles. The zero-order chi connectivity index (χ0) is 12.9. The van der Waals surface area contributed by atoms with E-state index in [4.69, 9.17) is 10.5 Å². The summed E-state index contributed by atoms with van der Waals surface area (Å²) in [6.07, 6.45) is 0. The van der Waals surface area contributed by atoms with Gasteiger partial charge in [0.15, 0.2) is 5.82 Å². The molecule has 0 amide bonds. The van der Waals surface area contributed by atoms with Gasteiger partial charge in [0.05, 0.1) is 18.6 Å². The monoisotopic (exact) mass is 267 g/mol. The van der Waals surface area contributed by atoms with Crippen molar-refractivity contribution in [1.29, 1.82) is 0 Å². The molecule has 0 saturated carbocycles. The molecule has 0 spiro atoms. The number of rotatable bonds is 2. The molecule has 2 atom stereocenters. The first kappa shape index (κ1) is 12.0. The van der Waals surface area contributed by atoms with E-state index in [1.165, 1.54) is 0 Å². The topological polar surface area (TPSA) is 78.3 Å². The van der Waals surface area contributed by atoms with Gasteiger partial charge in [0.1, 0.15) is 5.01 Å². The molecule has 0 aliphatic carbocycles. The van der Waals surface area contributed by atoms with Gasteiger partial charge in [-0.2, -0.15) is 9.61 Å². The third-order valence-corrected chi connectivity index (χ3v) is 4.72. The molecule has 1 fully saturated rings. The van der Waals surface area contributed by atoms with E-state index in [9.17, 15) is 0 Å². The molecule has 1 aliphatic rings. The van der Waals surface area contributed by atoms with Crippen LogP contribution in [-0.2, 0) is 10.2 Å². The van der Waals surface area contributed by atoms with Crippen LogP contribution in [0, 0.1) is 0 Å². The second kappa shape index (κ2) is 3.97. The van der Waals surface area contributed by atoms with Crippen molar-refractivity contribution >= 4 is 16.3 Å². The Morgan fingerprint density at radius 1 is 1.50 bits per heavy atom. The number of hydrogen-bond acceptors (Lipinski definition) is 6. The van der Waals surface area contributed by atoms with Crippen molar-refractivity contribution in [1.82, 2.24) is 19.8 Å². The van der Waals surface area contributed by atoms with Crippen LogP contribution < -0.4 is 5.73 Å². The summed E-state index contributed by atoms with van der Waals surface area (Å²) in [4.78, 5) is 0.828. The van der Waals surface area contributed by atoms with Gasteiger partial charge in [0.25, 0.3) is 0 Å². The molecule has 2 unspecified atom stereocenters. The number of ether oxygens (including phenoxy) is 1. The normalized spacial score (nSPS) is 28.6. The number of hydrogen-bond donors (Lipinski definition) is 1. The fourth-order valence-electron chi connectivity index (χ4n) is 2.13. The average Bonchev–Trinajstić information content (AvgIpc) is 2.93. The van der Waals surface area contributed by atoms with Gasteiger partial charge in [0.2, 0.25) is 4.96 Å². The summed E-state index contributed by atoms with van der Waals surface area (Å²) in [6.45, 7) is 7.48. The van der Waals surface area contributed by atoms with Crippen LogP contribution in [-0.4, -0.2) is 39.1 Å². The van der Waals surface area contributed by atoms with Crippen molar-refractivity contribution in [3.8, 4) is 0 Å². The Bertz CT molecular complexity index is 577. The summed E-state index contributed by atoms with van der Waals surface area (Å²) in [5, 5.41) is 14.0. The van der Waals surface area contributed by atoms with E-state index >= 15 is 0 Å². The van der Waals surface area contributed by atoms with E-state index in [0.29, 0.717) is 19.1 Å². The molecule has 2 aromatic rings. The summed E-state index contributed by atoms with van der Waals surface area (Å²) in [7, 11) is 0. The second-order valence-electron chi connectivity index (χ2n) is 5.35. The van der Waals surface area contributed by atoms with Crippen LogP contribution in [0.3, 0.4) is 0 Å². The van der Waals surface area contributed by atoms with E-state index in [0.717, 1.165) is 15.8 Å². The third-order valence-electron chi connectivity index (χ3n) is 3.54. The van der Waals surface area contributed by atoms with Crippen molar-refractivity contribution in [3.63, 3.8) is 0 Å². The van der Waals surface area contributed by atoms with Gasteiger partial charge in [0, 0.05) is 12.0 Å². The van der Waals surface area contributed by atoms with Crippen molar-refractivity contribution in [2.75, 3.05) is 13.2 Å². The zero-order valence-corrected chi connectivity index (χ0v) is 11.6. The highest BCUT2D eigenvalue weighted by Crippen LogP contribution is 2.34. The standard InChI is InChI=1S/C11H17N5OS/c1-6(2)8-13-14-10-16(8)15-9(18-10)11(3)5-17-4-7(11)12/h6-7H,4-5,12H2,1-3H3. The SMILES string of the molecule is CC(C)c1nnc2sc(C3(C)COCC3N)nn12. The minimum absolute atomic E-state index is 0.0104. The van der Waals surface area contributed by atoms with Crippen LogP contribution in [0.15, 0.2) is 0 Å². The van der Waals surface area contributed by atoms with Gasteiger partial charge in [-0.1, -0.05) is 25.2 Å². The fourth-order valence-corrected chi connectivity index (χ4v) is 3.17. The Kier molecular flexibility index (Phi) is 2.65. The van der Waals surface area contributed by atoms with Crippen LogP contribution in [0.2, 0.25) is 0 Å². The summed E-state index contributed by atoms with van der Waals surface area (Å²) < 4.78 is 7.31. The smallest absolute Gasteiger partial charge is 0.234 e. The zero-order valence-electron chi connectivity index (χ0n) is 10.8. The molecule has 0 bridgehead atoms. The minimum atomic E-state index is -0.209. The molecule has 1 saturated heterocycles. The Balaban J connectivity index is 2.09. The fraction of sp³-hybridized carbons (Fsp3) is 0.727. The lowest BCUT2D eigenvalue weighted by atomic mass is 9.87. The molecule has 3 heterocycles. The molecular weight excluding hydrogens is 250 g/mol. The number of aromatic nitrogens is 4. The first-order valence-corrected chi connectivity index (χ1v) is 6.90. The molecule has 2 N–H and O–H groups in total. The lowest BCUT2D eigenvalue weighted by Crippen LogP contribution is -2.41. The van der Waals surface area contributed by atoms with E-state index in [2.05, 4.69) is 36.1 Å². The van der Waals surface area contributed by atoms with Gasteiger partial charge < -0.3 is 10.5 Å². The summed E-state index contributed by atoms with van der Waals surface area (Å²) >= 11 is 1.55. The van der Waals surface area contributed by atoms with Crippen LogP contribution in [0.4, 0.5) is 0 Å². The van der Waals surface area contributed by atoms with Crippen molar-refractivity contribution < 1.29 is 4.74 Å². The highest BCUT2D eigenvalue weighted by Gasteiger charge is 2.42. The van der Waals surface area contributed by atoms with Crippen molar-refractivity contribution in [2.24, 2.45) is 5.73 Å². The maximum atomic E-state index is 6.13. The van der Waals surface area contributed by atoms with Gasteiger partial charge in [-0.05, 0) is 6.92 Å². The van der Waals surface area contributed by atoms with E-state index < -0.39 is 0 Å². The molecule has 1 aliphatic heterocycles. The van der Waals surface area contributed by atoms with Gasteiger partial charge in [-0.3, -0.25) is 0 Å². The first-order valence-electron chi connectivity index (χ1n) is 6.08. The van der Waals surface area contributed by atoms with E-state index in [-0.39, 0.29) is 11.5 Å². The maximum absolute atomic E-state index is 6.13. The van der Waals surface area contributed by atoms with Crippen LogP contribution in [0.25, 0.3) is 4.96 Å². The molecule has 6 nitrogen and oxygen atoms in total. The molecular formula is C11H17N5OS. The molecule has 18 heavy (non-hydrogen) atoms. The highest BCUT2D eigenvalue weighted by molar-refractivity contribution is 7.16. The Morgan fingerprint density at radius 2 is 2.28 bits per heavy atom. The number of nitrogens with two attached hydrogens (primary N) is 1. The van der Waals surface area contributed by atoms with E-state index in [1.807, 2.05) is 4.52 Å². The van der Waals surface area contributed by atoms with E-state index in [1.54, 1.807) is 11.3 Å². The van der Waals surface area contributed by atoms with Crippen LogP contribution in [0.1, 0.15) is 37.5 Å². The van der Waals surface area contributed by atoms with Gasteiger partial charge in [-0.15, -0.1) is 10.2 Å². The van der Waals surface area contributed by atoms with Crippen molar-refractivity contribution in [2.45, 2.75) is 38.1 Å². The van der Waals surface area contributed by atoms with Crippen LogP contribution in [0.5, 0.6) is 0 Å². The summed E-state index contributed by atoms with van der Waals surface area (Å²) in [5.74, 6) is 1.19. The average molecular weight is 267 g/mol. The molecule has 0 radical (unpaired) electrons. The largest absolute Gasteiger partial charge is 0.379 e. The molecule has 98 valence electrons. The molecule has 3 rings (SSSR count). The predicted molar refractivity (Wildman–Crippen MR) is 68.9 cm³/mol. The summed E-state index contributed by atoms with van der Waals surface area (Å²) in [6, 6.07) is -0.0104. The van der Waals surface area contributed by atoms with Gasteiger partial charge >= 0.3 is 0 Å². The Morgan fingerprint density at radius 3 is 2.89 bits per heavy atom. The predicted octanol–water partition coefficient (Wildman–Crippen LogP) is 0.924. The molecule has 7 heteroatoms. The molecule has 2 aromatic heterocycles. The summed E-state index contributed by atoms with van der Waals surface area (Å²) in [5.41, 5.74) is 5.92. The third kappa shape index (κ3) is 1.58. The number of fused-ring (bicyclic) bond motifs is 1. The maximum Gasteiger partial charge on any atom is 0.234 e. The lowest BCUT2D eigenvalue weighted by molar-refractivity contribution is 0.179. The van der Waals surface area contributed by atoms with Crippen molar-refractivity contribution in [3.05, 3.63) is 10.8 Å². The first-order chi connectivity index (χ1) is 8.52. The highest BCUT2D eigenvalue weighted by atomic mass is 32.1. The Labute approximate surface area is 109 Å². The number of nitrogens with zero attached hydrogens (tertiary/aromatic N) is 4. The van der Waals surface area contributed by atoms with Crippen LogP contribution >= 0.6 is 11.3 Å². The minimum Gasteiger partial charge on any atom is -0.379 e. The lowest BCUT2D eigenvalue weighted by Gasteiger charge is -2.23. The van der Waals surface area contributed by atoms with Gasteiger partial charge in [-0.25, -0.2) is 0 Å². The quantitative estimate of drug-likeness (QED) is 0.875. The Hall–Kier alpha value is -1.05. The second-order valence-corrected chi connectivity index (χ2v) is 6.31.